The molecule has 0 aliphatic heterocycles. The fraction of sp³-hybridized carbons (Fsp3) is 0.0476. The summed E-state index contributed by atoms with van der Waals surface area (Å²) in [7, 11) is 0. The average molecular weight is 375 g/mol. The van der Waals surface area contributed by atoms with Crippen LogP contribution in [0.3, 0.4) is 0 Å². The van der Waals surface area contributed by atoms with Gasteiger partial charge in [-0.1, -0.05) is 24.3 Å². The van der Waals surface area contributed by atoms with E-state index in [2.05, 4.69) is 15.6 Å². The van der Waals surface area contributed by atoms with Gasteiger partial charge in [0.05, 0.1) is 17.1 Å². The van der Waals surface area contributed by atoms with Crippen molar-refractivity contribution in [3.05, 3.63) is 77.5 Å². The highest BCUT2D eigenvalue weighted by Gasteiger charge is 2.11. The maximum absolute atomic E-state index is 12.5. The molecule has 0 saturated heterocycles. The Bertz CT molecular complexity index is 1050. The van der Waals surface area contributed by atoms with Crippen molar-refractivity contribution in [3.63, 3.8) is 0 Å². The zero-order valence-electron chi connectivity index (χ0n) is 15.0. The Morgan fingerprint density at radius 3 is 2.21 bits per heavy atom. The highest BCUT2D eigenvalue weighted by Crippen LogP contribution is 2.24. The second kappa shape index (κ2) is 8.13. The third-order valence-corrected chi connectivity index (χ3v) is 4.07. The topological polar surface area (TPSA) is 108 Å². The van der Waals surface area contributed by atoms with Crippen molar-refractivity contribution in [2.45, 2.75) is 6.92 Å². The lowest BCUT2D eigenvalue weighted by atomic mass is 10.0. The molecule has 0 aliphatic carbocycles. The van der Waals surface area contributed by atoms with Crippen molar-refractivity contribution >= 4 is 29.7 Å². The number of carbonyl (C=O) groups excluding carboxylic acids is 2. The number of amides is 2. The molecule has 7 heteroatoms. The van der Waals surface area contributed by atoms with Crippen molar-refractivity contribution in [1.82, 2.24) is 4.98 Å². The Morgan fingerprint density at radius 2 is 1.64 bits per heavy atom. The molecule has 0 unspecified atom stereocenters. The van der Waals surface area contributed by atoms with Gasteiger partial charge in [-0.15, -0.1) is 0 Å². The smallest absolute Gasteiger partial charge is 0.409 e. The minimum absolute atomic E-state index is 0.287. The number of nitrogens with one attached hydrogen (secondary N) is 2. The van der Waals surface area contributed by atoms with Crippen LogP contribution < -0.4 is 10.6 Å². The first kappa shape index (κ1) is 18.8. The number of anilines is 2. The molecule has 7 nitrogen and oxygen atoms in total. The normalized spacial score (nSPS) is 10.2. The first-order valence-corrected chi connectivity index (χ1v) is 8.40. The summed E-state index contributed by atoms with van der Waals surface area (Å²) >= 11 is 0. The quantitative estimate of drug-likeness (QED) is 0.579. The number of pyridine rings is 1. The lowest BCUT2D eigenvalue weighted by Crippen LogP contribution is -2.15. The number of nitrogens with zero attached hydrogens (tertiary/aromatic N) is 1. The van der Waals surface area contributed by atoms with E-state index in [0.717, 1.165) is 23.1 Å². The van der Waals surface area contributed by atoms with E-state index in [1.54, 1.807) is 54.6 Å². The van der Waals surface area contributed by atoms with Crippen LogP contribution in [0.15, 0.2) is 60.8 Å². The first-order valence-electron chi connectivity index (χ1n) is 8.40. The fourth-order valence-corrected chi connectivity index (χ4v) is 2.75. The predicted molar refractivity (Wildman–Crippen MR) is 106 cm³/mol. The fourth-order valence-electron chi connectivity index (χ4n) is 2.75. The lowest BCUT2D eigenvalue weighted by molar-refractivity contribution is 0.102. The van der Waals surface area contributed by atoms with E-state index in [0.29, 0.717) is 16.8 Å². The predicted octanol–water partition coefficient (Wildman–Crippen LogP) is 4.21. The molecule has 3 N–H and O–H groups in total. The molecule has 0 atom stereocenters. The summed E-state index contributed by atoms with van der Waals surface area (Å²) in [5, 5.41) is 13.8. The van der Waals surface area contributed by atoms with Crippen molar-refractivity contribution < 1.29 is 19.5 Å². The van der Waals surface area contributed by atoms with Gasteiger partial charge in [-0.2, -0.15) is 0 Å². The maximum Gasteiger partial charge on any atom is 0.409 e. The monoisotopic (exact) mass is 375 g/mol. The summed E-state index contributed by atoms with van der Waals surface area (Å²) in [6.07, 6.45) is 1.03. The highest BCUT2D eigenvalue weighted by atomic mass is 16.4. The van der Waals surface area contributed by atoms with E-state index in [-0.39, 0.29) is 11.6 Å². The van der Waals surface area contributed by atoms with Gasteiger partial charge in [-0.25, -0.2) is 4.79 Å². The Hall–Kier alpha value is -4.00. The number of aromatic nitrogens is 1. The molecule has 0 saturated carbocycles. The van der Waals surface area contributed by atoms with Crippen LogP contribution in [-0.4, -0.2) is 28.4 Å². The Labute approximate surface area is 161 Å². The Balaban J connectivity index is 1.80. The first-order chi connectivity index (χ1) is 13.5. The van der Waals surface area contributed by atoms with Gasteiger partial charge in [0, 0.05) is 22.9 Å². The van der Waals surface area contributed by atoms with Gasteiger partial charge < -0.3 is 10.4 Å². The van der Waals surface area contributed by atoms with Gasteiger partial charge >= 0.3 is 6.09 Å². The third kappa shape index (κ3) is 4.21. The lowest BCUT2D eigenvalue weighted by Gasteiger charge is -2.11. The minimum atomic E-state index is -1.21. The minimum Gasteiger partial charge on any atom is -0.465 e. The summed E-state index contributed by atoms with van der Waals surface area (Å²) in [5.74, 6) is -0.368. The van der Waals surface area contributed by atoms with Gasteiger partial charge in [0.15, 0.2) is 6.29 Å². The van der Waals surface area contributed by atoms with E-state index in [1.165, 1.54) is 6.20 Å². The van der Waals surface area contributed by atoms with E-state index >= 15 is 0 Å². The number of benzene rings is 2. The summed E-state index contributed by atoms with van der Waals surface area (Å²) in [5.41, 5.74) is 3.97. The Kier molecular flexibility index (Phi) is 5.45. The SMILES string of the molecule is Cc1cc(C=O)cnc1-c1ccc(C(=O)Nc2ccccc2NC(=O)O)cc1. The summed E-state index contributed by atoms with van der Waals surface area (Å²) in [4.78, 5) is 38.5. The summed E-state index contributed by atoms with van der Waals surface area (Å²) in [6.45, 7) is 1.86. The number of aldehydes is 1. The molecule has 0 bridgehead atoms. The van der Waals surface area contributed by atoms with E-state index in [1.807, 2.05) is 6.92 Å². The van der Waals surface area contributed by atoms with E-state index < -0.39 is 6.09 Å². The van der Waals surface area contributed by atoms with Gasteiger partial charge in [-0.3, -0.25) is 19.9 Å². The molecule has 0 aliphatic rings. The molecule has 28 heavy (non-hydrogen) atoms. The second-order valence-electron chi connectivity index (χ2n) is 6.06. The number of carboxylic acid groups (broad SMARTS) is 1. The Morgan fingerprint density at radius 1 is 1.00 bits per heavy atom. The number of hydrogen-bond acceptors (Lipinski definition) is 4. The highest BCUT2D eigenvalue weighted by molar-refractivity contribution is 6.07. The molecule has 1 aromatic heterocycles. The van der Waals surface area contributed by atoms with Gasteiger partial charge in [0.1, 0.15) is 0 Å². The maximum atomic E-state index is 12.5. The van der Waals surface area contributed by atoms with E-state index in [9.17, 15) is 14.4 Å². The van der Waals surface area contributed by atoms with Crippen LogP contribution in [0.5, 0.6) is 0 Å². The molecule has 0 fully saturated rings. The number of aryl methyl sites for hydroxylation is 1. The zero-order chi connectivity index (χ0) is 20.1. The van der Waals surface area contributed by atoms with Crippen LogP contribution in [0.4, 0.5) is 16.2 Å². The second-order valence-corrected chi connectivity index (χ2v) is 6.06. The van der Waals surface area contributed by atoms with Crippen molar-refractivity contribution in [1.29, 1.82) is 0 Å². The van der Waals surface area contributed by atoms with Gasteiger partial charge in [-0.05, 0) is 42.8 Å². The van der Waals surface area contributed by atoms with Crippen molar-refractivity contribution in [2.75, 3.05) is 10.6 Å². The van der Waals surface area contributed by atoms with E-state index in [4.69, 9.17) is 5.11 Å². The number of hydrogen-bond donors (Lipinski definition) is 3. The third-order valence-electron chi connectivity index (χ3n) is 4.07. The standard InChI is InChI=1S/C21H17N3O4/c1-13-10-14(12-25)11-22-19(13)15-6-8-16(9-7-15)20(26)23-17-4-2-3-5-18(17)24-21(27)28/h2-12,24H,1H3,(H,23,26)(H,27,28). The molecule has 0 spiro atoms. The number of rotatable bonds is 5. The van der Waals surface area contributed by atoms with Crippen molar-refractivity contribution in [3.8, 4) is 11.3 Å². The van der Waals surface area contributed by atoms with Crippen LogP contribution in [0.25, 0.3) is 11.3 Å². The van der Waals surface area contributed by atoms with Crippen LogP contribution >= 0.6 is 0 Å². The van der Waals surface area contributed by atoms with Crippen LogP contribution in [0, 0.1) is 6.92 Å². The molecule has 2 aromatic carbocycles. The average Bonchev–Trinajstić information content (AvgIpc) is 2.69. The molecular formula is C21H17N3O4. The van der Waals surface area contributed by atoms with Crippen LogP contribution in [-0.2, 0) is 0 Å². The largest absolute Gasteiger partial charge is 0.465 e. The summed E-state index contributed by atoms with van der Waals surface area (Å²) in [6, 6.07) is 15.1. The van der Waals surface area contributed by atoms with Gasteiger partial charge in [0.25, 0.3) is 5.91 Å². The summed E-state index contributed by atoms with van der Waals surface area (Å²) < 4.78 is 0. The molecule has 3 rings (SSSR count). The zero-order valence-corrected chi connectivity index (χ0v) is 15.0. The van der Waals surface area contributed by atoms with Gasteiger partial charge in [0.2, 0.25) is 0 Å². The molecule has 0 radical (unpaired) electrons. The molecular weight excluding hydrogens is 358 g/mol. The number of para-hydroxylation sites is 2. The molecule has 1 heterocycles. The molecule has 3 aromatic rings. The molecule has 140 valence electrons. The van der Waals surface area contributed by atoms with Crippen molar-refractivity contribution in [2.24, 2.45) is 0 Å². The van der Waals surface area contributed by atoms with Crippen LogP contribution in [0.1, 0.15) is 26.3 Å². The van der Waals surface area contributed by atoms with Crippen LogP contribution in [0.2, 0.25) is 0 Å². The molecule has 2 amide bonds. The number of carbonyl (C=O) groups is 3.